The molecule has 0 fully saturated rings. The van der Waals surface area contributed by atoms with Crippen molar-refractivity contribution in [2.75, 3.05) is 0 Å². The third-order valence-corrected chi connectivity index (χ3v) is 2.15. The van der Waals surface area contributed by atoms with Crippen LogP contribution in [0, 0.1) is 11.3 Å². The van der Waals surface area contributed by atoms with E-state index in [9.17, 15) is 39.5 Å². The summed E-state index contributed by atoms with van der Waals surface area (Å²) in [6.45, 7) is 0. The molecule has 0 spiro atoms. The zero-order chi connectivity index (χ0) is 15.0. The van der Waals surface area contributed by atoms with E-state index in [1.807, 2.05) is 0 Å². The highest BCUT2D eigenvalue weighted by Crippen LogP contribution is 2.55. The predicted molar refractivity (Wildman–Crippen MR) is 45.4 cm³/mol. The van der Waals surface area contributed by atoms with Crippen molar-refractivity contribution in [3.05, 3.63) is 0 Å². The average molecular weight is 401 g/mol. The summed E-state index contributed by atoms with van der Waals surface area (Å²) >= 11 is -0.483. The SMILES string of the molecule is N#CC(F)OC(F)(F)C(F)(F)C(F)(F)C(F)(F)I. The molecule has 0 N–H and O–H groups in total. The number of alkyl halides is 10. The molecule has 0 aliphatic rings. The highest BCUT2D eigenvalue weighted by molar-refractivity contribution is 14.1. The number of halogens is 10. The Bertz CT molecular complexity index is 346. The summed E-state index contributed by atoms with van der Waals surface area (Å²) in [5, 5.41) is 7.66. The summed E-state index contributed by atoms with van der Waals surface area (Å²) < 4.78 is 108. The van der Waals surface area contributed by atoms with Gasteiger partial charge in [-0.25, -0.2) is 0 Å². The van der Waals surface area contributed by atoms with Gasteiger partial charge in [-0.15, -0.1) is 0 Å². The number of nitrogens with zero attached hydrogens (tertiary/aromatic N) is 1. The number of rotatable bonds is 5. The second-order valence-electron chi connectivity index (χ2n) is 2.73. The van der Waals surface area contributed by atoms with Crippen LogP contribution in [-0.2, 0) is 4.74 Å². The van der Waals surface area contributed by atoms with Crippen molar-refractivity contribution in [3.8, 4) is 6.07 Å². The van der Waals surface area contributed by atoms with Crippen molar-refractivity contribution in [3.63, 3.8) is 0 Å². The van der Waals surface area contributed by atoms with Gasteiger partial charge in [-0.05, 0) is 0 Å². The van der Waals surface area contributed by atoms with Crippen molar-refractivity contribution in [1.82, 2.24) is 0 Å². The molecule has 18 heavy (non-hydrogen) atoms. The first-order chi connectivity index (χ1) is 7.70. The summed E-state index contributed by atoms with van der Waals surface area (Å²) in [5.41, 5.74) is 0. The summed E-state index contributed by atoms with van der Waals surface area (Å²) in [6.07, 6.45) is -10.00. The van der Waals surface area contributed by atoms with Crippen LogP contribution in [0.15, 0.2) is 0 Å². The summed E-state index contributed by atoms with van der Waals surface area (Å²) in [5.74, 6) is -13.3. The van der Waals surface area contributed by atoms with Gasteiger partial charge in [0, 0.05) is 22.6 Å². The molecule has 0 aromatic rings. The van der Waals surface area contributed by atoms with E-state index in [0.29, 0.717) is 0 Å². The summed E-state index contributed by atoms with van der Waals surface area (Å²) in [6, 6.07) is 0.247. The lowest BCUT2D eigenvalue weighted by Crippen LogP contribution is -2.61. The van der Waals surface area contributed by atoms with Gasteiger partial charge in [0.1, 0.15) is 6.07 Å². The molecule has 0 aromatic carbocycles. The van der Waals surface area contributed by atoms with Gasteiger partial charge in [-0.1, -0.05) is 0 Å². The molecule has 0 saturated heterocycles. The molecule has 0 radical (unpaired) electrons. The molecule has 0 bridgehead atoms. The van der Waals surface area contributed by atoms with Crippen molar-refractivity contribution in [1.29, 1.82) is 5.26 Å². The van der Waals surface area contributed by atoms with Gasteiger partial charge >= 0.3 is 21.9 Å². The molecule has 0 amide bonds. The summed E-state index contributed by atoms with van der Waals surface area (Å²) in [4.78, 5) is 0. The fourth-order valence-electron chi connectivity index (χ4n) is 0.591. The first-order valence-electron chi connectivity index (χ1n) is 3.62. The normalized spacial score (nSPS) is 16.3. The van der Waals surface area contributed by atoms with Crippen LogP contribution in [0.25, 0.3) is 0 Å². The van der Waals surface area contributed by atoms with Crippen molar-refractivity contribution < 1.29 is 44.3 Å². The maximum atomic E-state index is 12.6. The molecule has 0 saturated carbocycles. The van der Waals surface area contributed by atoms with Crippen LogP contribution in [0.1, 0.15) is 0 Å². The third-order valence-electron chi connectivity index (χ3n) is 1.47. The van der Waals surface area contributed by atoms with Crippen LogP contribution in [0.5, 0.6) is 0 Å². The monoisotopic (exact) mass is 401 g/mol. The fraction of sp³-hybridized carbons (Fsp3) is 0.833. The molecule has 0 rings (SSSR count). The maximum Gasteiger partial charge on any atom is 0.429 e. The largest absolute Gasteiger partial charge is 0.429 e. The van der Waals surface area contributed by atoms with Crippen LogP contribution in [-0.4, -0.2) is 28.2 Å². The first-order valence-corrected chi connectivity index (χ1v) is 4.70. The van der Waals surface area contributed by atoms with E-state index in [1.165, 1.54) is 0 Å². The molecule has 0 aliphatic heterocycles. The van der Waals surface area contributed by atoms with Crippen molar-refractivity contribution >= 4 is 22.6 Å². The van der Waals surface area contributed by atoms with E-state index in [-0.39, 0.29) is 6.07 Å². The minimum absolute atomic E-state index is 0.247. The van der Waals surface area contributed by atoms with Gasteiger partial charge in [0.25, 0.3) is 6.36 Å². The Morgan fingerprint density at radius 3 is 1.61 bits per heavy atom. The first kappa shape index (κ1) is 17.6. The molecule has 106 valence electrons. The lowest BCUT2D eigenvalue weighted by molar-refractivity contribution is -0.426. The Kier molecular flexibility index (Phi) is 4.79. The Hall–Kier alpha value is -0.450. The topological polar surface area (TPSA) is 33.0 Å². The van der Waals surface area contributed by atoms with Gasteiger partial charge in [-0.2, -0.15) is 44.8 Å². The second kappa shape index (κ2) is 4.91. The number of hydrogen-bond donors (Lipinski definition) is 0. The van der Waals surface area contributed by atoms with Crippen LogP contribution in [0.4, 0.5) is 39.5 Å². The van der Waals surface area contributed by atoms with Gasteiger partial charge < -0.3 is 0 Å². The van der Waals surface area contributed by atoms with E-state index >= 15 is 0 Å². The van der Waals surface area contributed by atoms with E-state index < -0.39 is 50.8 Å². The van der Waals surface area contributed by atoms with Crippen molar-refractivity contribution in [2.45, 2.75) is 28.2 Å². The molecule has 2 nitrogen and oxygen atoms in total. The van der Waals surface area contributed by atoms with Crippen LogP contribution in [0.2, 0.25) is 0 Å². The van der Waals surface area contributed by atoms with E-state index in [1.54, 1.807) is 0 Å². The molecule has 0 aliphatic carbocycles. The number of ether oxygens (including phenoxy) is 1. The maximum absolute atomic E-state index is 12.6. The van der Waals surface area contributed by atoms with Crippen molar-refractivity contribution in [2.24, 2.45) is 0 Å². The van der Waals surface area contributed by atoms with Crippen LogP contribution < -0.4 is 0 Å². The molecule has 0 aromatic heterocycles. The van der Waals surface area contributed by atoms with Crippen LogP contribution >= 0.6 is 22.6 Å². The molecule has 0 heterocycles. The van der Waals surface area contributed by atoms with Gasteiger partial charge in [0.15, 0.2) is 0 Å². The number of nitriles is 1. The number of hydrogen-bond acceptors (Lipinski definition) is 2. The Morgan fingerprint density at radius 1 is 0.944 bits per heavy atom. The van der Waals surface area contributed by atoms with E-state index in [4.69, 9.17) is 5.26 Å². The van der Waals surface area contributed by atoms with Gasteiger partial charge in [0.2, 0.25) is 0 Å². The average Bonchev–Trinajstić information content (AvgIpc) is 2.14. The molecule has 1 atom stereocenters. The smallest absolute Gasteiger partial charge is 0.267 e. The Labute approximate surface area is 107 Å². The zero-order valence-electron chi connectivity index (χ0n) is 7.71. The molecule has 12 heteroatoms. The minimum atomic E-state index is -6.73. The standard InChI is InChI=1S/C6HF9INO/c7-2(1-17)18-6(14,15)4(10,11)3(8,9)5(12,13)16/h2H. The van der Waals surface area contributed by atoms with E-state index in [0.717, 1.165) is 0 Å². The molecular weight excluding hydrogens is 400 g/mol. The lowest BCUT2D eigenvalue weighted by atomic mass is 10.1. The minimum Gasteiger partial charge on any atom is -0.267 e. The Balaban J connectivity index is 5.44. The quantitative estimate of drug-likeness (QED) is 0.400. The van der Waals surface area contributed by atoms with E-state index in [2.05, 4.69) is 4.74 Å². The summed E-state index contributed by atoms with van der Waals surface area (Å²) in [7, 11) is 0. The van der Waals surface area contributed by atoms with Crippen LogP contribution in [0.3, 0.4) is 0 Å². The molecular formula is C6HF9INO. The lowest BCUT2D eigenvalue weighted by Gasteiger charge is -2.33. The second-order valence-corrected chi connectivity index (χ2v) is 4.08. The fourth-order valence-corrected chi connectivity index (χ4v) is 0.930. The predicted octanol–water partition coefficient (Wildman–Crippen LogP) is 3.71. The van der Waals surface area contributed by atoms with Gasteiger partial charge in [-0.3, -0.25) is 4.74 Å². The zero-order valence-corrected chi connectivity index (χ0v) is 9.87. The third kappa shape index (κ3) is 2.92. The van der Waals surface area contributed by atoms with Gasteiger partial charge in [0.05, 0.1) is 0 Å². The highest BCUT2D eigenvalue weighted by Gasteiger charge is 2.81. The Morgan fingerprint density at radius 2 is 1.33 bits per heavy atom. The highest BCUT2D eigenvalue weighted by atomic mass is 127. The molecule has 1 unspecified atom stereocenters.